The number of likely N-dealkylation sites (tertiary alicyclic amines) is 1. The molecule has 32 heavy (non-hydrogen) atoms. The lowest BCUT2D eigenvalue weighted by Gasteiger charge is -2.33. The molecule has 9 heteroatoms. The van der Waals surface area contributed by atoms with Crippen molar-refractivity contribution in [3.63, 3.8) is 0 Å². The van der Waals surface area contributed by atoms with Gasteiger partial charge in [-0.3, -0.25) is 9.59 Å². The molecule has 3 rings (SSSR count). The minimum absolute atomic E-state index is 0.00905. The molecule has 8 nitrogen and oxygen atoms in total. The maximum absolute atomic E-state index is 13.1. The predicted octanol–water partition coefficient (Wildman–Crippen LogP) is 2.25. The summed E-state index contributed by atoms with van der Waals surface area (Å²) < 4.78 is 32.7. The minimum Gasteiger partial charge on any atom is -0.497 e. The molecule has 0 spiro atoms. The highest BCUT2D eigenvalue weighted by atomic mass is 32.2. The molecular weight excluding hydrogens is 430 g/mol. The predicted molar refractivity (Wildman–Crippen MR) is 122 cm³/mol. The van der Waals surface area contributed by atoms with Gasteiger partial charge in [-0.15, -0.1) is 0 Å². The topological polar surface area (TPSA) is 96.0 Å². The number of piperidine rings is 1. The molecule has 178 valence electrons. The number of hydrogen-bond donors (Lipinski definition) is 1. The Bertz CT molecular complexity index is 897. The third kappa shape index (κ3) is 5.43. The fourth-order valence-corrected chi connectivity index (χ4v) is 5.88. The Balaban J connectivity index is 1.69. The number of hydrogen-bond acceptors (Lipinski definition) is 5. The zero-order valence-corrected chi connectivity index (χ0v) is 20.1. The molecule has 3 atom stereocenters. The Morgan fingerprint density at radius 1 is 1.12 bits per heavy atom. The van der Waals surface area contributed by atoms with Gasteiger partial charge in [0.15, 0.2) is 0 Å². The largest absolute Gasteiger partial charge is 0.497 e. The first-order valence-corrected chi connectivity index (χ1v) is 12.9. The summed E-state index contributed by atoms with van der Waals surface area (Å²) in [4.78, 5) is 28.2. The zero-order chi connectivity index (χ0) is 23.3. The van der Waals surface area contributed by atoms with Crippen molar-refractivity contribution >= 4 is 21.8 Å². The molecule has 1 aromatic rings. The van der Waals surface area contributed by atoms with Crippen molar-refractivity contribution in [2.75, 3.05) is 33.3 Å². The number of ether oxygens (including phenoxy) is 1. The van der Waals surface area contributed by atoms with Gasteiger partial charge in [-0.2, -0.15) is 4.31 Å². The van der Waals surface area contributed by atoms with E-state index < -0.39 is 22.0 Å². The van der Waals surface area contributed by atoms with E-state index in [2.05, 4.69) is 5.32 Å². The van der Waals surface area contributed by atoms with Gasteiger partial charge in [-0.1, -0.05) is 20.3 Å². The van der Waals surface area contributed by atoms with E-state index in [0.717, 1.165) is 32.4 Å². The van der Waals surface area contributed by atoms with E-state index in [4.69, 9.17) is 4.74 Å². The van der Waals surface area contributed by atoms with Gasteiger partial charge in [-0.05, 0) is 55.9 Å². The highest BCUT2D eigenvalue weighted by Gasteiger charge is 2.37. The fourth-order valence-electron chi connectivity index (χ4n) is 4.36. The number of amides is 2. The van der Waals surface area contributed by atoms with Crippen molar-refractivity contribution in [3.05, 3.63) is 24.3 Å². The van der Waals surface area contributed by atoms with E-state index in [0.29, 0.717) is 25.1 Å². The molecule has 2 saturated heterocycles. The van der Waals surface area contributed by atoms with Gasteiger partial charge in [0.2, 0.25) is 21.8 Å². The van der Waals surface area contributed by atoms with Crippen molar-refractivity contribution < 1.29 is 22.7 Å². The number of methoxy groups -OCH3 is 1. The van der Waals surface area contributed by atoms with Gasteiger partial charge in [0.25, 0.3) is 0 Å². The number of carbonyl (C=O) groups is 2. The molecule has 2 fully saturated rings. The molecule has 2 amide bonds. The summed E-state index contributed by atoms with van der Waals surface area (Å²) in [6.07, 6.45) is 3.96. The lowest BCUT2D eigenvalue weighted by molar-refractivity contribution is -0.138. The van der Waals surface area contributed by atoms with Gasteiger partial charge >= 0.3 is 0 Å². The molecule has 0 radical (unpaired) electrons. The van der Waals surface area contributed by atoms with Crippen LogP contribution in [-0.4, -0.2) is 68.8 Å². The molecule has 0 aliphatic carbocycles. The van der Waals surface area contributed by atoms with Crippen molar-refractivity contribution in [1.82, 2.24) is 14.5 Å². The van der Waals surface area contributed by atoms with Crippen LogP contribution < -0.4 is 10.1 Å². The number of sulfonamides is 1. The summed E-state index contributed by atoms with van der Waals surface area (Å²) in [5.74, 6) is -0.149. The number of nitrogens with one attached hydrogen (secondary N) is 1. The third-order valence-corrected chi connectivity index (χ3v) is 8.53. The average molecular weight is 466 g/mol. The van der Waals surface area contributed by atoms with Crippen molar-refractivity contribution in [2.24, 2.45) is 11.8 Å². The second kappa shape index (κ2) is 10.7. The maximum Gasteiger partial charge on any atom is 0.245 e. The lowest BCUT2D eigenvalue weighted by atomic mass is 9.94. The van der Waals surface area contributed by atoms with Gasteiger partial charge in [0, 0.05) is 26.2 Å². The first kappa shape index (κ1) is 24.5. The third-order valence-electron chi connectivity index (χ3n) is 6.65. The van der Waals surface area contributed by atoms with Crippen LogP contribution >= 0.6 is 0 Å². The highest BCUT2D eigenvalue weighted by Crippen LogP contribution is 2.26. The highest BCUT2D eigenvalue weighted by molar-refractivity contribution is 7.89. The van der Waals surface area contributed by atoms with Crippen LogP contribution in [0.5, 0.6) is 5.75 Å². The van der Waals surface area contributed by atoms with Crippen molar-refractivity contribution in [3.8, 4) is 5.75 Å². The summed E-state index contributed by atoms with van der Waals surface area (Å²) in [5, 5.41) is 2.97. The molecule has 0 bridgehead atoms. The van der Waals surface area contributed by atoms with Gasteiger partial charge in [-0.25, -0.2) is 8.42 Å². The SMILES string of the molecule is CCC(C)[C@H](NC(=O)C1CCCN(S(=O)(=O)c2ccc(OC)cc2)C1)C(=O)N1CCCC1. The van der Waals surface area contributed by atoms with E-state index in [1.807, 2.05) is 18.7 Å². The number of nitrogens with zero attached hydrogens (tertiary/aromatic N) is 2. The Hall–Kier alpha value is -2.13. The fraction of sp³-hybridized carbons (Fsp3) is 0.652. The first-order chi connectivity index (χ1) is 15.3. The molecule has 1 aromatic carbocycles. The van der Waals surface area contributed by atoms with Crippen molar-refractivity contribution in [1.29, 1.82) is 0 Å². The summed E-state index contributed by atoms with van der Waals surface area (Å²) in [5.41, 5.74) is 0. The number of carbonyl (C=O) groups excluding carboxylic acids is 2. The van der Waals surface area contributed by atoms with Gasteiger partial charge in [0.05, 0.1) is 17.9 Å². The Morgan fingerprint density at radius 3 is 2.38 bits per heavy atom. The van der Waals surface area contributed by atoms with Crippen LogP contribution in [0.3, 0.4) is 0 Å². The summed E-state index contributed by atoms with van der Waals surface area (Å²) in [7, 11) is -2.18. The molecule has 1 N–H and O–H groups in total. The van der Waals surface area contributed by atoms with Crippen LogP contribution in [0.1, 0.15) is 46.0 Å². The average Bonchev–Trinajstić information content (AvgIpc) is 3.36. The van der Waals surface area contributed by atoms with E-state index in [9.17, 15) is 18.0 Å². The Labute approximate surface area is 191 Å². The molecule has 2 aliphatic heterocycles. The number of rotatable bonds is 8. The molecule has 0 aromatic heterocycles. The summed E-state index contributed by atoms with van der Waals surface area (Å²) in [6.45, 7) is 5.94. The van der Waals surface area contributed by atoms with Crippen LogP contribution in [0.15, 0.2) is 29.2 Å². The lowest BCUT2D eigenvalue weighted by Crippen LogP contribution is -2.54. The van der Waals surface area contributed by atoms with Crippen LogP contribution in [0.25, 0.3) is 0 Å². The Kier molecular flexibility index (Phi) is 8.16. The monoisotopic (exact) mass is 465 g/mol. The quantitative estimate of drug-likeness (QED) is 0.635. The van der Waals surface area contributed by atoms with Crippen LogP contribution in [0, 0.1) is 11.8 Å². The first-order valence-electron chi connectivity index (χ1n) is 11.5. The Morgan fingerprint density at radius 2 is 1.78 bits per heavy atom. The zero-order valence-electron chi connectivity index (χ0n) is 19.2. The van der Waals surface area contributed by atoms with Crippen LogP contribution in [0.4, 0.5) is 0 Å². The van der Waals surface area contributed by atoms with Crippen LogP contribution in [-0.2, 0) is 19.6 Å². The smallest absolute Gasteiger partial charge is 0.245 e. The van der Waals surface area contributed by atoms with E-state index in [-0.39, 0.29) is 29.2 Å². The van der Waals surface area contributed by atoms with Crippen LogP contribution in [0.2, 0.25) is 0 Å². The van der Waals surface area contributed by atoms with E-state index in [1.165, 1.54) is 23.5 Å². The second-order valence-corrected chi connectivity index (χ2v) is 10.7. The normalized spacial score (nSPS) is 21.7. The standard InChI is InChI=1S/C23H35N3O5S/c1-4-17(2)21(23(28)25-13-5-6-14-25)24-22(27)18-8-7-15-26(16-18)32(29,30)20-11-9-19(31-3)10-12-20/h9-12,17-18,21H,4-8,13-16H2,1-3H3,(H,24,27)/t17?,18?,21-/m0/s1. The maximum atomic E-state index is 13.1. The molecular formula is C23H35N3O5S. The van der Waals surface area contributed by atoms with Gasteiger partial charge < -0.3 is 15.0 Å². The molecule has 2 heterocycles. The summed E-state index contributed by atoms with van der Waals surface area (Å²) in [6, 6.07) is 5.69. The van der Waals surface area contributed by atoms with Crippen molar-refractivity contribution in [2.45, 2.75) is 56.9 Å². The molecule has 2 unspecified atom stereocenters. The minimum atomic E-state index is -3.71. The van der Waals surface area contributed by atoms with Gasteiger partial charge in [0.1, 0.15) is 11.8 Å². The summed E-state index contributed by atoms with van der Waals surface area (Å²) >= 11 is 0. The molecule has 0 saturated carbocycles. The van der Waals surface area contributed by atoms with E-state index >= 15 is 0 Å². The number of benzene rings is 1. The van der Waals surface area contributed by atoms with E-state index in [1.54, 1.807) is 12.1 Å². The second-order valence-electron chi connectivity index (χ2n) is 8.78. The molecule has 2 aliphatic rings.